The molecule has 7 nitrogen and oxygen atoms in total. The van der Waals surface area contributed by atoms with Gasteiger partial charge in [-0.3, -0.25) is 18.7 Å². The van der Waals surface area contributed by atoms with Gasteiger partial charge in [0.15, 0.2) is 0 Å². The summed E-state index contributed by atoms with van der Waals surface area (Å²) in [7, 11) is 2.99. The van der Waals surface area contributed by atoms with Gasteiger partial charge in [-0.2, -0.15) is 0 Å². The second kappa shape index (κ2) is 8.53. The maximum absolute atomic E-state index is 12.8. The van der Waals surface area contributed by atoms with Crippen LogP contribution >= 0.6 is 11.8 Å². The summed E-state index contributed by atoms with van der Waals surface area (Å²) in [5, 5.41) is 9.29. The van der Waals surface area contributed by atoms with Crippen LogP contribution in [-0.2, 0) is 25.3 Å². The standard InChI is InChI=1S/C18H25N3O4S/c1-5-7-9-12(17(23)24)26-14-11(8-6-2)10-19-15-13(14)16(22)21(4)18(25)20(15)3/h10,12H,5-9H2,1-4H3,(H,23,24). The third-order valence-electron chi connectivity index (χ3n) is 4.37. The molecule has 0 fully saturated rings. The first kappa shape index (κ1) is 20.2. The summed E-state index contributed by atoms with van der Waals surface area (Å²) in [5.41, 5.74) is 0.259. The van der Waals surface area contributed by atoms with Crippen molar-refractivity contribution in [3.05, 3.63) is 32.6 Å². The van der Waals surface area contributed by atoms with Gasteiger partial charge in [0.05, 0.1) is 5.39 Å². The number of thioether (sulfide) groups is 1. The van der Waals surface area contributed by atoms with Crippen molar-refractivity contribution in [2.75, 3.05) is 0 Å². The average Bonchev–Trinajstić information content (AvgIpc) is 2.62. The Kier molecular flexibility index (Phi) is 6.63. The van der Waals surface area contributed by atoms with Crippen LogP contribution in [0.25, 0.3) is 11.0 Å². The van der Waals surface area contributed by atoms with Crippen molar-refractivity contribution < 1.29 is 9.90 Å². The number of carboxylic acids is 1. The average molecular weight is 379 g/mol. The van der Waals surface area contributed by atoms with Gasteiger partial charge in [0, 0.05) is 25.2 Å². The third-order valence-corrected chi connectivity index (χ3v) is 5.79. The van der Waals surface area contributed by atoms with Crippen LogP contribution in [0.15, 0.2) is 20.7 Å². The summed E-state index contributed by atoms with van der Waals surface area (Å²) >= 11 is 1.20. The zero-order chi connectivity index (χ0) is 19.4. The Morgan fingerprint density at radius 2 is 1.92 bits per heavy atom. The molecule has 2 aromatic rings. The molecule has 8 heteroatoms. The lowest BCUT2D eigenvalue weighted by molar-refractivity contribution is -0.136. The van der Waals surface area contributed by atoms with Gasteiger partial charge in [-0.1, -0.05) is 33.1 Å². The zero-order valence-electron chi connectivity index (χ0n) is 15.6. The van der Waals surface area contributed by atoms with Crippen molar-refractivity contribution in [1.29, 1.82) is 0 Å². The normalized spacial score (nSPS) is 12.5. The number of unbranched alkanes of at least 4 members (excludes halogenated alkanes) is 1. The predicted molar refractivity (Wildman–Crippen MR) is 103 cm³/mol. The first-order valence-corrected chi connectivity index (χ1v) is 9.68. The Labute approximate surface area is 156 Å². The van der Waals surface area contributed by atoms with E-state index in [1.54, 1.807) is 13.2 Å². The smallest absolute Gasteiger partial charge is 0.332 e. The van der Waals surface area contributed by atoms with Crippen LogP contribution in [0.5, 0.6) is 0 Å². The highest BCUT2D eigenvalue weighted by Gasteiger charge is 2.24. The number of aliphatic carboxylic acids is 1. The fraction of sp³-hybridized carbons (Fsp3) is 0.556. The third kappa shape index (κ3) is 3.85. The highest BCUT2D eigenvalue weighted by molar-refractivity contribution is 8.00. The first-order valence-electron chi connectivity index (χ1n) is 8.80. The van der Waals surface area contributed by atoms with Crippen molar-refractivity contribution >= 4 is 28.8 Å². The number of nitrogens with zero attached hydrogens (tertiary/aromatic N) is 3. The number of rotatable bonds is 8. The summed E-state index contributed by atoms with van der Waals surface area (Å²) in [6.07, 6.45) is 5.42. The number of aryl methyl sites for hydroxylation is 2. The van der Waals surface area contributed by atoms with E-state index in [-0.39, 0.29) is 0 Å². The number of fused-ring (bicyclic) bond motifs is 1. The van der Waals surface area contributed by atoms with Crippen molar-refractivity contribution in [3.63, 3.8) is 0 Å². The maximum atomic E-state index is 12.8. The number of carbonyl (C=O) groups is 1. The van der Waals surface area contributed by atoms with Crippen LogP contribution in [0.2, 0.25) is 0 Å². The minimum atomic E-state index is -0.891. The molecule has 2 rings (SSSR count). The molecule has 2 heterocycles. The lowest BCUT2D eigenvalue weighted by Crippen LogP contribution is -2.37. The van der Waals surface area contributed by atoms with E-state index in [1.165, 1.54) is 23.4 Å². The van der Waals surface area contributed by atoms with Gasteiger partial charge >= 0.3 is 11.7 Å². The Balaban J connectivity index is 2.75. The number of aromatic nitrogens is 3. The van der Waals surface area contributed by atoms with Gasteiger partial charge < -0.3 is 5.11 Å². The zero-order valence-corrected chi connectivity index (χ0v) is 16.4. The van der Waals surface area contributed by atoms with Crippen LogP contribution in [-0.4, -0.2) is 30.4 Å². The molecule has 0 spiro atoms. The Bertz CT molecular complexity index is 933. The Morgan fingerprint density at radius 1 is 1.23 bits per heavy atom. The number of carboxylic acid groups (broad SMARTS) is 1. The summed E-state index contributed by atoms with van der Waals surface area (Å²) in [4.78, 5) is 41.6. The van der Waals surface area contributed by atoms with Crippen LogP contribution in [0, 0.1) is 0 Å². The molecule has 2 aromatic heterocycles. The highest BCUT2D eigenvalue weighted by Crippen LogP contribution is 2.34. The van der Waals surface area contributed by atoms with Gasteiger partial charge in [0.2, 0.25) is 0 Å². The minimum Gasteiger partial charge on any atom is -0.480 e. The van der Waals surface area contributed by atoms with Crippen LogP contribution < -0.4 is 11.2 Å². The lowest BCUT2D eigenvalue weighted by atomic mass is 10.1. The Morgan fingerprint density at radius 3 is 2.50 bits per heavy atom. The van der Waals surface area contributed by atoms with Crippen molar-refractivity contribution in [1.82, 2.24) is 14.1 Å². The van der Waals surface area contributed by atoms with E-state index in [9.17, 15) is 19.5 Å². The topological polar surface area (TPSA) is 94.2 Å². The second-order valence-corrected chi connectivity index (χ2v) is 7.57. The Hall–Kier alpha value is -2.09. The van der Waals surface area contributed by atoms with Crippen LogP contribution in [0.3, 0.4) is 0 Å². The predicted octanol–water partition coefficient (Wildman–Crippen LogP) is 2.32. The molecule has 26 heavy (non-hydrogen) atoms. The van der Waals surface area contributed by atoms with Crippen LogP contribution in [0.4, 0.5) is 0 Å². The molecule has 0 radical (unpaired) electrons. The second-order valence-electron chi connectivity index (χ2n) is 6.35. The van der Waals surface area contributed by atoms with Gasteiger partial charge in [0.1, 0.15) is 10.9 Å². The fourth-order valence-corrected chi connectivity index (χ4v) is 4.16. The lowest BCUT2D eigenvalue weighted by Gasteiger charge is -2.17. The molecule has 142 valence electrons. The van der Waals surface area contributed by atoms with Gasteiger partial charge in [-0.05, 0) is 18.4 Å². The van der Waals surface area contributed by atoms with Gasteiger partial charge in [-0.25, -0.2) is 9.78 Å². The number of pyridine rings is 1. The van der Waals surface area contributed by atoms with Gasteiger partial charge in [-0.15, -0.1) is 11.8 Å². The monoisotopic (exact) mass is 379 g/mol. The van der Waals surface area contributed by atoms with E-state index in [4.69, 9.17) is 0 Å². The first-order chi connectivity index (χ1) is 12.3. The molecule has 0 saturated heterocycles. The molecule has 0 aliphatic carbocycles. The van der Waals surface area contributed by atoms with Crippen molar-refractivity contribution in [3.8, 4) is 0 Å². The van der Waals surface area contributed by atoms with Crippen LogP contribution in [0.1, 0.15) is 45.1 Å². The summed E-state index contributed by atoms with van der Waals surface area (Å²) in [6.45, 7) is 4.03. The molecule has 0 aliphatic heterocycles. The molecular formula is C18H25N3O4S. The molecule has 1 unspecified atom stereocenters. The molecule has 0 saturated carbocycles. The van der Waals surface area contributed by atoms with E-state index in [0.717, 1.165) is 29.4 Å². The molecule has 0 aromatic carbocycles. The highest BCUT2D eigenvalue weighted by atomic mass is 32.2. The van der Waals surface area contributed by atoms with E-state index in [1.807, 2.05) is 13.8 Å². The van der Waals surface area contributed by atoms with E-state index < -0.39 is 22.5 Å². The molecule has 1 atom stereocenters. The maximum Gasteiger partial charge on any atom is 0.332 e. The van der Waals surface area contributed by atoms with Gasteiger partial charge in [0.25, 0.3) is 5.56 Å². The fourth-order valence-electron chi connectivity index (χ4n) is 2.89. The number of hydrogen-bond acceptors (Lipinski definition) is 5. The summed E-state index contributed by atoms with van der Waals surface area (Å²) in [5.74, 6) is -0.891. The van der Waals surface area contributed by atoms with Crippen molar-refractivity contribution in [2.45, 2.75) is 56.1 Å². The molecule has 0 amide bonds. The SMILES string of the molecule is CCCCC(Sc1c(CCC)cnc2c1c(=O)n(C)c(=O)n2C)C(=O)O. The largest absolute Gasteiger partial charge is 0.480 e. The molecular weight excluding hydrogens is 354 g/mol. The van der Waals surface area contributed by atoms with E-state index in [2.05, 4.69) is 4.98 Å². The summed E-state index contributed by atoms with van der Waals surface area (Å²) < 4.78 is 2.38. The van der Waals surface area contributed by atoms with E-state index in [0.29, 0.717) is 28.8 Å². The van der Waals surface area contributed by atoms with E-state index >= 15 is 0 Å². The minimum absolute atomic E-state index is 0.292. The summed E-state index contributed by atoms with van der Waals surface area (Å²) in [6, 6.07) is 0. The van der Waals surface area contributed by atoms with Crippen molar-refractivity contribution in [2.24, 2.45) is 14.1 Å². The molecule has 0 bridgehead atoms. The quantitative estimate of drug-likeness (QED) is 0.708. The molecule has 0 aliphatic rings. The number of hydrogen-bond donors (Lipinski definition) is 1. The molecule has 1 N–H and O–H groups in total.